The number of ether oxygens (including phenoxy) is 1. The van der Waals surface area contributed by atoms with Gasteiger partial charge in [-0.1, -0.05) is 47.4 Å². The molecule has 3 rings (SSSR count). The van der Waals surface area contributed by atoms with Crippen molar-refractivity contribution in [1.29, 1.82) is 0 Å². The Bertz CT molecular complexity index is 941. The molecule has 2 atom stereocenters. The van der Waals surface area contributed by atoms with E-state index in [0.29, 0.717) is 24.6 Å². The first-order valence-electron chi connectivity index (χ1n) is 10.2. The third kappa shape index (κ3) is 5.87. The van der Waals surface area contributed by atoms with Gasteiger partial charge in [0, 0.05) is 42.2 Å². The quantitative estimate of drug-likeness (QED) is 0.211. The minimum absolute atomic E-state index is 0.139. The van der Waals surface area contributed by atoms with Crippen LogP contribution in [0.4, 0.5) is 5.69 Å². The predicted molar refractivity (Wildman–Crippen MR) is 117 cm³/mol. The Kier molecular flexibility index (Phi) is 7.51. The average Bonchev–Trinajstić information content (AvgIpc) is 2.75. The van der Waals surface area contributed by atoms with Gasteiger partial charge in [0.25, 0.3) is 0 Å². The van der Waals surface area contributed by atoms with Gasteiger partial charge in [-0.05, 0) is 54.0 Å². The Labute approximate surface area is 177 Å². The van der Waals surface area contributed by atoms with E-state index in [1.165, 1.54) is 11.1 Å². The maximum atomic E-state index is 12.1. The van der Waals surface area contributed by atoms with Crippen molar-refractivity contribution in [2.24, 2.45) is 11.0 Å². The Morgan fingerprint density at radius 2 is 1.97 bits per heavy atom. The first-order chi connectivity index (χ1) is 14.6. The molecule has 0 N–H and O–H groups in total. The second-order valence-electron chi connectivity index (χ2n) is 7.62. The zero-order valence-electron chi connectivity index (χ0n) is 17.2. The van der Waals surface area contributed by atoms with Crippen LogP contribution in [0.15, 0.2) is 53.6 Å². The van der Waals surface area contributed by atoms with Crippen LogP contribution in [0.2, 0.25) is 0 Å². The van der Waals surface area contributed by atoms with Gasteiger partial charge in [0.1, 0.15) is 0 Å². The number of likely N-dealkylation sites (tertiary alicyclic amines) is 1. The summed E-state index contributed by atoms with van der Waals surface area (Å²) < 4.78 is 5.18. The van der Waals surface area contributed by atoms with Crippen molar-refractivity contribution in [1.82, 2.24) is 4.90 Å². The first-order valence-corrected chi connectivity index (χ1v) is 10.2. The molecule has 1 fully saturated rings. The summed E-state index contributed by atoms with van der Waals surface area (Å²) in [6.07, 6.45) is 6.80. The number of carbonyl (C=O) groups excluding carboxylic acids is 1. The predicted octanol–water partition coefficient (Wildman–Crippen LogP) is 5.17. The van der Waals surface area contributed by atoms with Gasteiger partial charge in [0.05, 0.1) is 6.61 Å². The highest BCUT2D eigenvalue weighted by molar-refractivity contribution is 5.69. The molecule has 0 bridgehead atoms. The molecule has 0 aliphatic carbocycles. The fourth-order valence-corrected chi connectivity index (χ4v) is 4.11. The summed E-state index contributed by atoms with van der Waals surface area (Å²) in [6, 6.07) is 15.8. The summed E-state index contributed by atoms with van der Waals surface area (Å²) in [4.78, 5) is 17.3. The highest BCUT2D eigenvalue weighted by atomic mass is 16.5. The molecule has 2 unspecified atom stereocenters. The number of rotatable bonds is 7. The molecule has 1 aliphatic rings. The minimum Gasteiger partial charge on any atom is -0.466 e. The Hall–Kier alpha value is -3.26. The van der Waals surface area contributed by atoms with Crippen LogP contribution in [-0.2, 0) is 16.1 Å². The molecule has 6 heteroatoms. The van der Waals surface area contributed by atoms with Gasteiger partial charge in [0.2, 0.25) is 0 Å². The van der Waals surface area contributed by atoms with E-state index in [2.05, 4.69) is 33.0 Å². The topological polar surface area (TPSA) is 78.3 Å². The minimum atomic E-state index is -0.139. The summed E-state index contributed by atoms with van der Waals surface area (Å²) in [5, 5.41) is 3.65. The van der Waals surface area contributed by atoms with Crippen LogP contribution >= 0.6 is 0 Å². The number of hydrogen-bond donors (Lipinski definition) is 0. The maximum absolute atomic E-state index is 12.1. The lowest BCUT2D eigenvalue weighted by molar-refractivity contribution is -0.144. The van der Waals surface area contributed by atoms with Crippen molar-refractivity contribution >= 4 is 11.7 Å². The Morgan fingerprint density at radius 3 is 2.60 bits per heavy atom. The molecule has 0 aromatic heterocycles. The van der Waals surface area contributed by atoms with E-state index in [-0.39, 0.29) is 11.9 Å². The molecule has 6 nitrogen and oxygen atoms in total. The fourth-order valence-electron chi connectivity index (χ4n) is 4.11. The summed E-state index contributed by atoms with van der Waals surface area (Å²) in [5.74, 6) is 3.03. The van der Waals surface area contributed by atoms with Crippen molar-refractivity contribution in [2.75, 3.05) is 19.7 Å². The van der Waals surface area contributed by atoms with E-state index in [9.17, 15) is 4.79 Å². The molecule has 0 radical (unpaired) electrons. The molecular weight excluding hydrogens is 376 g/mol. The van der Waals surface area contributed by atoms with Crippen molar-refractivity contribution in [3.63, 3.8) is 0 Å². The Morgan fingerprint density at radius 1 is 1.23 bits per heavy atom. The second-order valence-corrected chi connectivity index (χ2v) is 7.62. The van der Waals surface area contributed by atoms with Crippen molar-refractivity contribution < 1.29 is 9.53 Å². The lowest BCUT2D eigenvalue weighted by atomic mass is 9.83. The van der Waals surface area contributed by atoms with Gasteiger partial charge in [-0.15, -0.1) is 6.42 Å². The lowest BCUT2D eigenvalue weighted by Gasteiger charge is -2.38. The molecule has 1 saturated heterocycles. The second kappa shape index (κ2) is 10.5. The maximum Gasteiger partial charge on any atom is 0.306 e. The van der Waals surface area contributed by atoms with E-state index in [0.717, 1.165) is 31.6 Å². The molecule has 1 heterocycles. The van der Waals surface area contributed by atoms with Crippen LogP contribution in [-0.4, -0.2) is 30.6 Å². The Balaban J connectivity index is 1.76. The zero-order valence-corrected chi connectivity index (χ0v) is 17.2. The summed E-state index contributed by atoms with van der Waals surface area (Å²) in [7, 11) is 0. The van der Waals surface area contributed by atoms with Crippen molar-refractivity contribution in [3.05, 3.63) is 75.7 Å². The third-order valence-electron chi connectivity index (χ3n) is 5.42. The first kappa shape index (κ1) is 21.4. The lowest BCUT2D eigenvalue weighted by Crippen LogP contribution is -2.40. The van der Waals surface area contributed by atoms with E-state index in [1.54, 1.807) is 0 Å². The number of piperidine rings is 1. The van der Waals surface area contributed by atoms with Crippen LogP contribution in [0.1, 0.15) is 42.4 Å². The molecule has 1 aliphatic heterocycles. The van der Waals surface area contributed by atoms with E-state index in [1.807, 2.05) is 43.3 Å². The zero-order chi connectivity index (χ0) is 21.3. The van der Waals surface area contributed by atoms with Gasteiger partial charge < -0.3 is 4.74 Å². The van der Waals surface area contributed by atoms with E-state index >= 15 is 0 Å². The molecule has 0 amide bonds. The fraction of sp³-hybridized carbons (Fsp3) is 0.375. The molecular formula is C24H26N4O2. The molecule has 2 aromatic carbocycles. The molecule has 2 aromatic rings. The van der Waals surface area contributed by atoms with Gasteiger partial charge in [-0.25, -0.2) is 0 Å². The number of azide groups is 1. The van der Waals surface area contributed by atoms with Gasteiger partial charge >= 0.3 is 5.97 Å². The third-order valence-corrected chi connectivity index (χ3v) is 5.42. The summed E-state index contributed by atoms with van der Waals surface area (Å²) in [5.41, 5.74) is 12.5. The monoisotopic (exact) mass is 402 g/mol. The van der Waals surface area contributed by atoms with Crippen molar-refractivity contribution in [3.8, 4) is 12.3 Å². The van der Waals surface area contributed by atoms with E-state index in [4.69, 9.17) is 16.7 Å². The SMILES string of the molecule is C#Cc1ccc(CN2CC(CC(=O)OCC)CC(c3ccc(N=[N+]=[N-])cc3)C2)cc1. The smallest absolute Gasteiger partial charge is 0.306 e. The highest BCUT2D eigenvalue weighted by Crippen LogP contribution is 2.33. The van der Waals surface area contributed by atoms with Crippen LogP contribution in [0.5, 0.6) is 0 Å². The normalized spacial score (nSPS) is 18.8. The number of terminal acetylenes is 1. The van der Waals surface area contributed by atoms with Gasteiger partial charge in [0.15, 0.2) is 0 Å². The van der Waals surface area contributed by atoms with Crippen LogP contribution in [0.3, 0.4) is 0 Å². The van der Waals surface area contributed by atoms with Gasteiger partial charge in [-0.3, -0.25) is 9.69 Å². The summed E-state index contributed by atoms with van der Waals surface area (Å²) >= 11 is 0. The van der Waals surface area contributed by atoms with Crippen molar-refractivity contribution in [2.45, 2.75) is 32.2 Å². The van der Waals surface area contributed by atoms with Crippen LogP contribution < -0.4 is 0 Å². The summed E-state index contributed by atoms with van der Waals surface area (Å²) in [6.45, 7) is 4.79. The van der Waals surface area contributed by atoms with Crippen LogP contribution in [0, 0.1) is 18.3 Å². The average molecular weight is 402 g/mol. The number of carbonyl (C=O) groups is 1. The molecule has 0 saturated carbocycles. The van der Waals surface area contributed by atoms with Gasteiger partial charge in [-0.2, -0.15) is 0 Å². The van der Waals surface area contributed by atoms with Crippen LogP contribution in [0.25, 0.3) is 10.4 Å². The number of nitrogens with zero attached hydrogens (tertiary/aromatic N) is 4. The molecule has 0 spiro atoms. The number of benzene rings is 2. The molecule has 30 heavy (non-hydrogen) atoms. The highest BCUT2D eigenvalue weighted by Gasteiger charge is 2.30. The largest absolute Gasteiger partial charge is 0.466 e. The molecule has 154 valence electrons. The standard InChI is InChI=1S/C24H26N4O2/c1-3-18-5-7-19(8-6-18)15-28-16-20(14-24(29)30-4-2)13-22(17-28)21-9-11-23(12-10-21)26-27-25/h1,5-12,20,22H,4,13-17H2,2H3. The number of esters is 1. The number of hydrogen-bond acceptors (Lipinski definition) is 4. The van der Waals surface area contributed by atoms with E-state index < -0.39 is 0 Å².